The summed E-state index contributed by atoms with van der Waals surface area (Å²) < 4.78 is 9.64. The summed E-state index contributed by atoms with van der Waals surface area (Å²) in [6, 6.07) is 0. The van der Waals surface area contributed by atoms with Crippen molar-refractivity contribution in [2.75, 3.05) is 13.2 Å². The number of H-pyrrole nitrogens is 1. The van der Waals surface area contributed by atoms with E-state index in [1.807, 2.05) is 0 Å². The summed E-state index contributed by atoms with van der Waals surface area (Å²) in [5.41, 5.74) is 0. The van der Waals surface area contributed by atoms with Crippen molar-refractivity contribution in [3.8, 4) is 0 Å². The third kappa shape index (κ3) is 1.40. The Kier molecular flexibility index (Phi) is 1.95. The Morgan fingerprint density at radius 3 is 3.08 bits per heavy atom. The Morgan fingerprint density at radius 1 is 1.58 bits per heavy atom. The number of hydrogen-bond acceptors (Lipinski definition) is 4. The van der Waals surface area contributed by atoms with Crippen molar-refractivity contribution in [1.82, 2.24) is 10.1 Å². The highest BCUT2D eigenvalue weighted by molar-refractivity contribution is 4.92. The summed E-state index contributed by atoms with van der Waals surface area (Å²) in [5.74, 6) is 0.320. The van der Waals surface area contributed by atoms with E-state index in [2.05, 4.69) is 14.7 Å². The average Bonchev–Trinajstić information content (AvgIpc) is 2.54. The number of ether oxygens (including phenoxy) is 1. The zero-order valence-corrected chi connectivity index (χ0v) is 6.58. The molecule has 66 valence electrons. The number of nitrogens with one attached hydrogen (secondary N) is 1. The summed E-state index contributed by atoms with van der Waals surface area (Å²) in [5, 5.41) is 3.62. The van der Waals surface area contributed by atoms with E-state index in [4.69, 9.17) is 4.74 Å². The lowest BCUT2D eigenvalue weighted by Crippen LogP contribution is -2.17. The summed E-state index contributed by atoms with van der Waals surface area (Å²) in [7, 11) is 0. The first-order chi connectivity index (χ1) is 5.86. The van der Waals surface area contributed by atoms with E-state index in [9.17, 15) is 4.79 Å². The largest absolute Gasteiger partial charge is 0.438 e. The molecule has 1 atom stereocenters. The minimum Gasteiger partial charge on any atom is -0.381 e. The molecule has 1 unspecified atom stereocenters. The Hall–Kier alpha value is -1.10. The van der Waals surface area contributed by atoms with Gasteiger partial charge in [-0.2, -0.15) is 0 Å². The first-order valence-electron chi connectivity index (χ1n) is 4.00. The smallest absolute Gasteiger partial charge is 0.381 e. The topological polar surface area (TPSA) is 68.1 Å². The van der Waals surface area contributed by atoms with Crippen LogP contribution in [0.25, 0.3) is 0 Å². The second-order valence-corrected chi connectivity index (χ2v) is 2.89. The zero-order chi connectivity index (χ0) is 8.39. The van der Waals surface area contributed by atoms with Crippen LogP contribution in [0, 0.1) is 0 Å². The number of nitrogens with zero attached hydrogens (tertiary/aromatic N) is 1. The van der Waals surface area contributed by atoms with Gasteiger partial charge in [0.2, 0.25) is 0 Å². The monoisotopic (exact) mass is 170 g/mol. The molecule has 1 aliphatic rings. The third-order valence-electron chi connectivity index (χ3n) is 2.00. The van der Waals surface area contributed by atoms with E-state index >= 15 is 0 Å². The molecule has 2 rings (SSSR count). The van der Waals surface area contributed by atoms with Crippen molar-refractivity contribution in [2.24, 2.45) is 0 Å². The van der Waals surface area contributed by atoms with E-state index in [1.54, 1.807) is 0 Å². The third-order valence-corrected chi connectivity index (χ3v) is 2.00. The zero-order valence-electron chi connectivity index (χ0n) is 6.58. The van der Waals surface area contributed by atoms with Gasteiger partial charge in [0.1, 0.15) is 0 Å². The van der Waals surface area contributed by atoms with Gasteiger partial charge in [0.15, 0.2) is 5.82 Å². The van der Waals surface area contributed by atoms with Crippen molar-refractivity contribution in [3.05, 3.63) is 16.4 Å². The molecule has 1 fully saturated rings. The number of rotatable bonds is 1. The van der Waals surface area contributed by atoms with Crippen LogP contribution in [0.3, 0.4) is 0 Å². The summed E-state index contributed by atoms with van der Waals surface area (Å²) in [6.07, 6.45) is 2.02. The second-order valence-electron chi connectivity index (χ2n) is 2.89. The van der Waals surface area contributed by atoms with Crippen molar-refractivity contribution in [3.63, 3.8) is 0 Å². The van der Waals surface area contributed by atoms with Gasteiger partial charge >= 0.3 is 5.76 Å². The van der Waals surface area contributed by atoms with Crippen LogP contribution in [0.5, 0.6) is 0 Å². The molecule has 5 nitrogen and oxygen atoms in total. The molecule has 2 heterocycles. The molecule has 1 aliphatic heterocycles. The Morgan fingerprint density at radius 2 is 2.50 bits per heavy atom. The molecule has 0 aliphatic carbocycles. The molecule has 1 aromatic heterocycles. The van der Waals surface area contributed by atoms with Crippen LogP contribution >= 0.6 is 0 Å². The quantitative estimate of drug-likeness (QED) is 0.656. The molecule has 0 bridgehead atoms. The average molecular weight is 170 g/mol. The highest BCUT2D eigenvalue weighted by Crippen LogP contribution is 2.21. The van der Waals surface area contributed by atoms with Gasteiger partial charge in [-0.15, -0.1) is 0 Å². The van der Waals surface area contributed by atoms with E-state index in [-0.39, 0.29) is 5.92 Å². The summed E-state index contributed by atoms with van der Waals surface area (Å²) in [4.78, 5) is 13.1. The lowest BCUT2D eigenvalue weighted by Gasteiger charge is -2.18. The van der Waals surface area contributed by atoms with Gasteiger partial charge in [-0.25, -0.2) is 4.79 Å². The van der Waals surface area contributed by atoms with Gasteiger partial charge in [0, 0.05) is 12.5 Å². The van der Waals surface area contributed by atoms with E-state index in [0.29, 0.717) is 12.4 Å². The van der Waals surface area contributed by atoms with Crippen LogP contribution in [0.4, 0.5) is 0 Å². The first-order valence-corrected chi connectivity index (χ1v) is 4.00. The normalized spacial score (nSPS) is 24.2. The van der Waals surface area contributed by atoms with Gasteiger partial charge in [-0.1, -0.05) is 5.16 Å². The maximum atomic E-state index is 10.6. The Labute approximate surface area is 68.7 Å². The van der Waals surface area contributed by atoms with Crippen LogP contribution in [0.1, 0.15) is 24.6 Å². The SMILES string of the molecule is O=c1[nH]c(C2CCCOC2)no1. The molecule has 0 saturated carbocycles. The summed E-state index contributed by atoms with van der Waals surface area (Å²) >= 11 is 0. The van der Waals surface area contributed by atoms with E-state index in [0.717, 1.165) is 19.4 Å². The maximum Gasteiger partial charge on any atom is 0.438 e. The number of aromatic nitrogens is 2. The second kappa shape index (κ2) is 3.10. The molecule has 0 spiro atoms. The van der Waals surface area contributed by atoms with Crippen LogP contribution in [0.2, 0.25) is 0 Å². The van der Waals surface area contributed by atoms with Crippen LogP contribution in [-0.4, -0.2) is 23.4 Å². The van der Waals surface area contributed by atoms with Crippen LogP contribution in [0.15, 0.2) is 9.32 Å². The molecule has 0 aromatic carbocycles. The fraction of sp³-hybridized carbons (Fsp3) is 0.714. The molecular weight excluding hydrogens is 160 g/mol. The lowest BCUT2D eigenvalue weighted by atomic mass is 10.0. The minimum absolute atomic E-state index is 0.199. The summed E-state index contributed by atoms with van der Waals surface area (Å²) in [6.45, 7) is 1.43. The molecule has 0 radical (unpaired) electrons. The molecular formula is C7H10N2O3. The van der Waals surface area contributed by atoms with Crippen molar-refractivity contribution in [1.29, 1.82) is 0 Å². The highest BCUT2D eigenvalue weighted by atomic mass is 16.5. The van der Waals surface area contributed by atoms with E-state index < -0.39 is 5.76 Å². The van der Waals surface area contributed by atoms with Gasteiger partial charge in [0.25, 0.3) is 0 Å². The van der Waals surface area contributed by atoms with Crippen molar-refractivity contribution in [2.45, 2.75) is 18.8 Å². The number of hydrogen-bond donors (Lipinski definition) is 1. The molecule has 1 N–H and O–H groups in total. The molecule has 1 aromatic rings. The van der Waals surface area contributed by atoms with Gasteiger partial charge in [-0.3, -0.25) is 9.51 Å². The Bertz CT molecular complexity index is 298. The van der Waals surface area contributed by atoms with Crippen LogP contribution < -0.4 is 5.76 Å². The fourth-order valence-corrected chi connectivity index (χ4v) is 1.37. The van der Waals surface area contributed by atoms with Gasteiger partial charge in [0.05, 0.1) is 6.61 Å². The van der Waals surface area contributed by atoms with Crippen LogP contribution in [-0.2, 0) is 4.74 Å². The predicted molar refractivity (Wildman–Crippen MR) is 39.9 cm³/mol. The van der Waals surface area contributed by atoms with Gasteiger partial charge in [-0.05, 0) is 12.8 Å². The van der Waals surface area contributed by atoms with Crippen molar-refractivity contribution >= 4 is 0 Å². The molecule has 12 heavy (non-hydrogen) atoms. The standard InChI is InChI=1S/C7H10N2O3/c10-7-8-6(9-12-7)5-2-1-3-11-4-5/h5H,1-4H2,(H,8,9,10). The molecule has 1 saturated heterocycles. The predicted octanol–water partition coefficient (Wildman–Crippen LogP) is 0.257. The molecule has 5 heteroatoms. The number of aromatic amines is 1. The fourth-order valence-electron chi connectivity index (χ4n) is 1.37. The van der Waals surface area contributed by atoms with E-state index in [1.165, 1.54) is 0 Å². The highest BCUT2D eigenvalue weighted by Gasteiger charge is 2.19. The Balaban J connectivity index is 2.13. The molecule has 0 amide bonds. The lowest BCUT2D eigenvalue weighted by molar-refractivity contribution is 0.0773. The minimum atomic E-state index is -0.490. The maximum absolute atomic E-state index is 10.6. The van der Waals surface area contributed by atoms with Gasteiger partial charge < -0.3 is 4.74 Å². The first kappa shape index (κ1) is 7.54. The van der Waals surface area contributed by atoms with Crippen molar-refractivity contribution < 1.29 is 9.26 Å².